The number of benzene rings is 1. The van der Waals surface area contributed by atoms with Gasteiger partial charge >= 0.3 is 0 Å². The molecule has 1 aromatic rings. The molecule has 18 heavy (non-hydrogen) atoms. The van der Waals surface area contributed by atoms with Crippen molar-refractivity contribution in [1.82, 2.24) is 5.32 Å². The van der Waals surface area contributed by atoms with Crippen molar-refractivity contribution in [3.8, 4) is 0 Å². The lowest BCUT2D eigenvalue weighted by Crippen LogP contribution is -2.23. The van der Waals surface area contributed by atoms with E-state index in [2.05, 4.69) is 10.7 Å². The minimum Gasteiger partial charge on any atom is -0.355 e. The first-order chi connectivity index (χ1) is 8.12. The van der Waals surface area contributed by atoms with E-state index in [1.807, 2.05) is 0 Å². The van der Waals surface area contributed by atoms with Gasteiger partial charge in [-0.1, -0.05) is 0 Å². The Hall–Kier alpha value is -1.35. The van der Waals surface area contributed by atoms with Crippen molar-refractivity contribution in [2.45, 2.75) is 4.90 Å². The topological polar surface area (TPSA) is 63.2 Å². The summed E-state index contributed by atoms with van der Waals surface area (Å²) in [5.74, 6) is -10.3. The van der Waals surface area contributed by atoms with E-state index < -0.39 is 48.7 Å². The van der Waals surface area contributed by atoms with Gasteiger partial charge in [0.25, 0.3) is 15.0 Å². The molecule has 0 saturated heterocycles. The van der Waals surface area contributed by atoms with E-state index in [4.69, 9.17) is 0 Å². The summed E-state index contributed by atoms with van der Waals surface area (Å²) in [5.41, 5.74) is -1.57. The van der Waals surface area contributed by atoms with E-state index >= 15 is 0 Å². The van der Waals surface area contributed by atoms with Crippen molar-refractivity contribution in [3.63, 3.8) is 0 Å². The first-order valence-corrected chi connectivity index (χ1v) is 6.46. The Morgan fingerprint density at radius 3 is 1.72 bits per heavy atom. The second-order valence-corrected chi connectivity index (χ2v) is 5.48. The maximum atomic E-state index is 13.3. The number of carbonyl (C=O) groups is 1. The molecular weight excluding hydrogens is 302 g/mol. The molecule has 4 nitrogen and oxygen atoms in total. The third-order valence-electron chi connectivity index (χ3n) is 1.92. The predicted molar refractivity (Wildman–Crippen MR) is 52.7 cm³/mol. The summed E-state index contributed by atoms with van der Waals surface area (Å²) in [4.78, 5) is 9.03. The smallest absolute Gasteiger partial charge is 0.267 e. The highest BCUT2D eigenvalue weighted by Gasteiger charge is 2.34. The van der Waals surface area contributed by atoms with Crippen LogP contribution in [0.25, 0.3) is 0 Å². The molecule has 0 spiro atoms. The van der Waals surface area contributed by atoms with Crippen molar-refractivity contribution >= 4 is 25.6 Å². The molecule has 0 fully saturated rings. The first-order valence-electron chi connectivity index (χ1n) is 4.15. The van der Waals surface area contributed by atoms with Gasteiger partial charge in [0.2, 0.25) is 0 Å². The van der Waals surface area contributed by atoms with Gasteiger partial charge in [0.15, 0.2) is 28.2 Å². The van der Waals surface area contributed by atoms with E-state index in [0.29, 0.717) is 0 Å². The van der Waals surface area contributed by atoms with Crippen LogP contribution in [0.1, 0.15) is 10.4 Å². The minimum atomic E-state index is -5.05. The van der Waals surface area contributed by atoms with Crippen molar-refractivity contribution in [2.75, 3.05) is 7.05 Å². The van der Waals surface area contributed by atoms with Crippen LogP contribution in [0.2, 0.25) is 0 Å². The lowest BCUT2D eigenvalue weighted by atomic mass is 10.1. The van der Waals surface area contributed by atoms with Gasteiger partial charge < -0.3 is 5.32 Å². The Morgan fingerprint density at radius 2 is 1.44 bits per heavy atom. The molecule has 0 aliphatic heterocycles. The Morgan fingerprint density at radius 1 is 1.06 bits per heavy atom. The van der Waals surface area contributed by atoms with E-state index in [1.165, 1.54) is 0 Å². The highest BCUT2D eigenvalue weighted by atomic mass is 35.7. The van der Waals surface area contributed by atoms with Gasteiger partial charge in [-0.15, -0.1) is 0 Å². The molecule has 0 saturated carbocycles. The molecule has 1 N–H and O–H groups in total. The molecule has 0 aliphatic carbocycles. The zero-order chi connectivity index (χ0) is 14.2. The highest BCUT2D eigenvalue weighted by Crippen LogP contribution is 2.29. The van der Waals surface area contributed by atoms with Gasteiger partial charge in [0, 0.05) is 17.7 Å². The maximum Gasteiger partial charge on any atom is 0.267 e. The lowest BCUT2D eigenvalue weighted by Gasteiger charge is -2.08. The third kappa shape index (κ3) is 2.27. The Balaban J connectivity index is 3.84. The summed E-state index contributed by atoms with van der Waals surface area (Å²) in [6, 6.07) is 0. The zero-order valence-corrected chi connectivity index (χ0v) is 10.1. The molecule has 1 rings (SSSR count). The molecule has 1 aromatic carbocycles. The normalized spacial score (nSPS) is 11.4. The summed E-state index contributed by atoms with van der Waals surface area (Å²) in [6.07, 6.45) is 0. The lowest BCUT2D eigenvalue weighted by molar-refractivity contribution is 0.0951. The van der Waals surface area contributed by atoms with Crippen LogP contribution < -0.4 is 5.32 Å². The van der Waals surface area contributed by atoms with Gasteiger partial charge in [-0.05, 0) is 0 Å². The minimum absolute atomic E-state index is 0.962. The van der Waals surface area contributed by atoms with Crippen LogP contribution in [0.5, 0.6) is 0 Å². The van der Waals surface area contributed by atoms with Gasteiger partial charge in [0.05, 0.1) is 0 Å². The predicted octanol–water partition coefficient (Wildman–Crippen LogP) is 1.53. The summed E-state index contributed by atoms with van der Waals surface area (Å²) in [5, 5.41) is 1.74. The van der Waals surface area contributed by atoms with Gasteiger partial charge in [-0.2, -0.15) is 0 Å². The Labute approximate surface area is 103 Å². The summed E-state index contributed by atoms with van der Waals surface area (Å²) in [6.45, 7) is 0. The van der Waals surface area contributed by atoms with Crippen molar-refractivity contribution in [2.24, 2.45) is 0 Å². The summed E-state index contributed by atoms with van der Waals surface area (Å²) >= 11 is 0. The number of hydrogen-bond donors (Lipinski definition) is 1. The molecular formula is C8H4ClF4NO3S. The fourth-order valence-electron chi connectivity index (χ4n) is 1.15. The van der Waals surface area contributed by atoms with Crippen LogP contribution in [-0.2, 0) is 9.05 Å². The first kappa shape index (κ1) is 14.7. The second-order valence-electron chi connectivity index (χ2n) is 2.98. The van der Waals surface area contributed by atoms with E-state index in [0.717, 1.165) is 7.05 Å². The van der Waals surface area contributed by atoms with Crippen LogP contribution >= 0.6 is 10.7 Å². The number of nitrogens with one attached hydrogen (secondary N) is 1. The summed E-state index contributed by atoms with van der Waals surface area (Å²) < 4.78 is 74.7. The Bertz CT molecular complexity index is 603. The fourth-order valence-corrected chi connectivity index (χ4v) is 2.16. The molecule has 0 heterocycles. The fraction of sp³-hybridized carbons (Fsp3) is 0.125. The largest absolute Gasteiger partial charge is 0.355 e. The molecule has 10 heteroatoms. The van der Waals surface area contributed by atoms with Crippen LogP contribution in [0, 0.1) is 23.3 Å². The number of hydrogen-bond acceptors (Lipinski definition) is 3. The Kier molecular flexibility index (Phi) is 3.86. The standard InChI is InChI=1S/C8H4ClF4NO3S/c1-14-8(15)2-3(10)5(12)7(18(9,16)17)6(13)4(2)11/h1H3,(H,14,15). The van der Waals surface area contributed by atoms with Crippen LogP contribution in [0.4, 0.5) is 17.6 Å². The van der Waals surface area contributed by atoms with Crippen molar-refractivity contribution in [3.05, 3.63) is 28.8 Å². The molecule has 0 atom stereocenters. The second kappa shape index (κ2) is 4.73. The number of rotatable bonds is 2. The van der Waals surface area contributed by atoms with Gasteiger partial charge in [0.1, 0.15) is 5.56 Å². The van der Waals surface area contributed by atoms with Crippen molar-refractivity contribution < 1.29 is 30.8 Å². The van der Waals surface area contributed by atoms with E-state index in [1.54, 1.807) is 5.32 Å². The van der Waals surface area contributed by atoms with Crippen LogP contribution in [-0.4, -0.2) is 21.4 Å². The number of carbonyl (C=O) groups excluding carboxylic acids is 1. The number of amides is 1. The quantitative estimate of drug-likeness (QED) is 0.512. The zero-order valence-electron chi connectivity index (χ0n) is 8.52. The maximum absolute atomic E-state index is 13.3. The average molecular weight is 306 g/mol. The van der Waals surface area contributed by atoms with Gasteiger partial charge in [-0.3, -0.25) is 4.79 Å². The van der Waals surface area contributed by atoms with E-state index in [9.17, 15) is 30.8 Å². The number of halogens is 5. The SMILES string of the molecule is CNC(=O)c1c(F)c(F)c(S(=O)(=O)Cl)c(F)c1F. The summed E-state index contributed by atoms with van der Waals surface area (Å²) in [7, 11) is 0.551. The molecule has 0 bridgehead atoms. The molecule has 0 unspecified atom stereocenters. The monoisotopic (exact) mass is 305 g/mol. The van der Waals surface area contributed by atoms with Gasteiger partial charge in [-0.25, -0.2) is 26.0 Å². The average Bonchev–Trinajstić information content (AvgIpc) is 2.24. The third-order valence-corrected chi connectivity index (χ3v) is 3.23. The molecule has 0 aromatic heterocycles. The molecule has 0 aliphatic rings. The van der Waals surface area contributed by atoms with E-state index in [-0.39, 0.29) is 0 Å². The molecule has 1 amide bonds. The molecule has 100 valence electrons. The highest BCUT2D eigenvalue weighted by molar-refractivity contribution is 8.13. The van der Waals surface area contributed by atoms with Crippen LogP contribution in [0.3, 0.4) is 0 Å². The van der Waals surface area contributed by atoms with Crippen LogP contribution in [0.15, 0.2) is 4.90 Å². The van der Waals surface area contributed by atoms with Crippen molar-refractivity contribution in [1.29, 1.82) is 0 Å². The molecule has 0 radical (unpaired) electrons.